The molecule has 0 spiro atoms. The van der Waals surface area contributed by atoms with Crippen LogP contribution in [0.4, 0.5) is 5.69 Å². The molecule has 3 rings (SSSR count). The Hall–Kier alpha value is -3.55. The average Bonchev–Trinajstić information content (AvgIpc) is 3.24. The Kier molecular flexibility index (Phi) is 5.55. The predicted octanol–water partition coefficient (Wildman–Crippen LogP) is 2.40. The number of aromatic nitrogens is 4. The van der Waals surface area contributed by atoms with Gasteiger partial charge in [0.25, 0.3) is 11.8 Å². The highest BCUT2D eigenvalue weighted by Crippen LogP contribution is 2.15. The summed E-state index contributed by atoms with van der Waals surface area (Å²) in [4.78, 5) is 26.8. The summed E-state index contributed by atoms with van der Waals surface area (Å²) in [7, 11) is 0. The Balaban J connectivity index is 1.78. The Morgan fingerprint density at radius 3 is 2.48 bits per heavy atom. The van der Waals surface area contributed by atoms with E-state index in [0.29, 0.717) is 35.6 Å². The van der Waals surface area contributed by atoms with Gasteiger partial charge in [-0.1, -0.05) is 12.1 Å². The molecule has 1 N–H and O–H groups in total. The van der Waals surface area contributed by atoms with E-state index in [1.807, 2.05) is 13.8 Å². The lowest BCUT2D eigenvalue weighted by Crippen LogP contribution is -2.30. The molecule has 1 aromatic heterocycles. The van der Waals surface area contributed by atoms with Gasteiger partial charge >= 0.3 is 0 Å². The van der Waals surface area contributed by atoms with Crippen LogP contribution in [0, 0.1) is 0 Å². The number of nitrogens with one attached hydrogen (secondary N) is 1. The molecule has 27 heavy (non-hydrogen) atoms. The van der Waals surface area contributed by atoms with E-state index in [-0.39, 0.29) is 11.8 Å². The minimum absolute atomic E-state index is 0.0585. The quantitative estimate of drug-likeness (QED) is 0.725. The van der Waals surface area contributed by atoms with Crippen LogP contribution in [-0.2, 0) is 0 Å². The molecule has 0 bridgehead atoms. The molecular formula is C19H20N6O2. The van der Waals surface area contributed by atoms with E-state index < -0.39 is 0 Å². The van der Waals surface area contributed by atoms with Gasteiger partial charge in [0.05, 0.1) is 5.69 Å². The largest absolute Gasteiger partial charge is 0.339 e. The van der Waals surface area contributed by atoms with Crippen LogP contribution in [0.25, 0.3) is 5.69 Å². The monoisotopic (exact) mass is 364 g/mol. The van der Waals surface area contributed by atoms with Crippen LogP contribution in [0.2, 0.25) is 0 Å². The van der Waals surface area contributed by atoms with Gasteiger partial charge in [-0.25, -0.2) is 4.68 Å². The van der Waals surface area contributed by atoms with E-state index in [0.717, 1.165) is 0 Å². The van der Waals surface area contributed by atoms with Gasteiger partial charge in [-0.15, -0.1) is 5.10 Å². The van der Waals surface area contributed by atoms with Crippen molar-refractivity contribution in [2.24, 2.45) is 0 Å². The predicted molar refractivity (Wildman–Crippen MR) is 101 cm³/mol. The molecule has 0 radical (unpaired) electrons. The van der Waals surface area contributed by atoms with Crippen LogP contribution in [0.5, 0.6) is 0 Å². The number of hydrogen-bond donors (Lipinski definition) is 1. The maximum absolute atomic E-state index is 12.6. The first-order chi connectivity index (χ1) is 13.1. The van der Waals surface area contributed by atoms with Crippen molar-refractivity contribution in [1.29, 1.82) is 0 Å². The second-order valence-electron chi connectivity index (χ2n) is 5.82. The number of nitrogens with zero attached hydrogens (tertiary/aromatic N) is 5. The van der Waals surface area contributed by atoms with Crippen LogP contribution in [0.15, 0.2) is 54.9 Å². The highest BCUT2D eigenvalue weighted by molar-refractivity contribution is 6.05. The highest BCUT2D eigenvalue weighted by Gasteiger charge is 2.14. The van der Waals surface area contributed by atoms with Gasteiger partial charge in [-0.05, 0) is 60.7 Å². The van der Waals surface area contributed by atoms with Crippen molar-refractivity contribution in [3.63, 3.8) is 0 Å². The standard InChI is InChI=1S/C19H20N6O2/c1-3-24(4-2)19(27)15-8-5-9-16(11-15)21-18(26)14-7-6-10-17(12-14)25-13-20-22-23-25/h5-13H,3-4H2,1-2H3,(H,21,26). The van der Waals surface area contributed by atoms with Crippen molar-refractivity contribution in [2.75, 3.05) is 18.4 Å². The van der Waals surface area contributed by atoms with E-state index in [4.69, 9.17) is 0 Å². The lowest BCUT2D eigenvalue weighted by molar-refractivity contribution is 0.0772. The molecule has 0 saturated carbocycles. The fourth-order valence-corrected chi connectivity index (χ4v) is 2.70. The summed E-state index contributed by atoms with van der Waals surface area (Å²) in [5.41, 5.74) is 2.24. The third kappa shape index (κ3) is 4.17. The lowest BCUT2D eigenvalue weighted by atomic mass is 10.1. The zero-order valence-electron chi connectivity index (χ0n) is 15.2. The molecule has 8 nitrogen and oxygen atoms in total. The Morgan fingerprint density at radius 1 is 1.04 bits per heavy atom. The zero-order valence-corrected chi connectivity index (χ0v) is 15.2. The molecule has 0 saturated heterocycles. The maximum atomic E-state index is 12.6. The second-order valence-corrected chi connectivity index (χ2v) is 5.82. The third-order valence-electron chi connectivity index (χ3n) is 4.14. The number of benzene rings is 2. The number of amides is 2. The van der Waals surface area contributed by atoms with E-state index in [1.165, 1.54) is 11.0 Å². The minimum atomic E-state index is -0.280. The topological polar surface area (TPSA) is 93.0 Å². The molecular weight excluding hydrogens is 344 g/mol. The van der Waals surface area contributed by atoms with Gasteiger partial charge in [0.15, 0.2) is 0 Å². The molecule has 2 aromatic carbocycles. The van der Waals surface area contributed by atoms with Crippen LogP contribution in [0.3, 0.4) is 0 Å². The van der Waals surface area contributed by atoms with Crippen LogP contribution in [-0.4, -0.2) is 50.0 Å². The lowest BCUT2D eigenvalue weighted by Gasteiger charge is -2.19. The SMILES string of the molecule is CCN(CC)C(=O)c1cccc(NC(=O)c2cccc(-n3cnnn3)c2)c1. The Morgan fingerprint density at radius 2 is 1.78 bits per heavy atom. The van der Waals surface area contributed by atoms with Crippen LogP contribution < -0.4 is 5.32 Å². The highest BCUT2D eigenvalue weighted by atomic mass is 16.2. The van der Waals surface area contributed by atoms with Crippen molar-refractivity contribution in [3.05, 3.63) is 66.0 Å². The molecule has 0 aliphatic rings. The molecule has 3 aromatic rings. The van der Waals surface area contributed by atoms with Crippen molar-refractivity contribution in [1.82, 2.24) is 25.1 Å². The minimum Gasteiger partial charge on any atom is -0.339 e. The van der Waals surface area contributed by atoms with Crippen molar-refractivity contribution < 1.29 is 9.59 Å². The summed E-state index contributed by atoms with van der Waals surface area (Å²) in [5, 5.41) is 13.8. The molecule has 8 heteroatoms. The summed E-state index contributed by atoms with van der Waals surface area (Å²) in [6, 6.07) is 13.9. The summed E-state index contributed by atoms with van der Waals surface area (Å²) >= 11 is 0. The van der Waals surface area contributed by atoms with E-state index >= 15 is 0 Å². The molecule has 0 aliphatic carbocycles. The molecule has 0 fully saturated rings. The van der Waals surface area contributed by atoms with Gasteiger partial charge in [0, 0.05) is 29.9 Å². The molecule has 0 atom stereocenters. The number of rotatable bonds is 6. The van der Waals surface area contributed by atoms with Crippen LogP contribution >= 0.6 is 0 Å². The van der Waals surface area contributed by atoms with E-state index in [9.17, 15) is 9.59 Å². The molecule has 1 heterocycles. The second kappa shape index (κ2) is 8.22. The number of carbonyl (C=O) groups excluding carboxylic acids is 2. The van der Waals surface area contributed by atoms with Gasteiger partial charge in [0.1, 0.15) is 6.33 Å². The first kappa shape index (κ1) is 18.2. The molecule has 2 amide bonds. The third-order valence-corrected chi connectivity index (χ3v) is 4.14. The van der Waals surface area contributed by atoms with Crippen molar-refractivity contribution >= 4 is 17.5 Å². The fraction of sp³-hybridized carbons (Fsp3) is 0.211. The number of carbonyl (C=O) groups is 2. The summed E-state index contributed by atoms with van der Waals surface area (Å²) in [5.74, 6) is -0.339. The summed E-state index contributed by atoms with van der Waals surface area (Å²) in [6.07, 6.45) is 1.46. The van der Waals surface area contributed by atoms with E-state index in [1.54, 1.807) is 53.4 Å². The fourth-order valence-electron chi connectivity index (χ4n) is 2.70. The number of anilines is 1. The van der Waals surface area contributed by atoms with Crippen molar-refractivity contribution in [3.8, 4) is 5.69 Å². The summed E-state index contributed by atoms with van der Waals surface area (Å²) in [6.45, 7) is 5.14. The van der Waals surface area contributed by atoms with E-state index in [2.05, 4.69) is 20.8 Å². The van der Waals surface area contributed by atoms with Gasteiger partial charge in [-0.2, -0.15) is 0 Å². The molecule has 138 valence electrons. The maximum Gasteiger partial charge on any atom is 0.255 e. The smallest absolute Gasteiger partial charge is 0.255 e. The van der Waals surface area contributed by atoms with Gasteiger partial charge in [-0.3, -0.25) is 9.59 Å². The summed E-state index contributed by atoms with van der Waals surface area (Å²) < 4.78 is 1.47. The number of tetrazole rings is 1. The van der Waals surface area contributed by atoms with Gasteiger partial charge < -0.3 is 10.2 Å². The van der Waals surface area contributed by atoms with Crippen LogP contribution in [0.1, 0.15) is 34.6 Å². The zero-order chi connectivity index (χ0) is 19.2. The molecule has 0 unspecified atom stereocenters. The first-order valence-electron chi connectivity index (χ1n) is 8.66. The average molecular weight is 364 g/mol. The Bertz CT molecular complexity index is 935. The first-order valence-corrected chi connectivity index (χ1v) is 8.66. The van der Waals surface area contributed by atoms with Gasteiger partial charge in [0.2, 0.25) is 0 Å². The molecule has 0 aliphatic heterocycles. The Labute approximate surface area is 156 Å². The normalized spacial score (nSPS) is 10.4. The number of hydrogen-bond acceptors (Lipinski definition) is 5. The van der Waals surface area contributed by atoms with Crippen molar-refractivity contribution in [2.45, 2.75) is 13.8 Å².